The molecule has 2 rings (SSSR count). The van der Waals surface area contributed by atoms with Gasteiger partial charge in [0, 0.05) is 6.42 Å². The van der Waals surface area contributed by atoms with Crippen LogP contribution in [0.15, 0.2) is 30.5 Å². The lowest BCUT2D eigenvalue weighted by Gasteiger charge is -2.08. The second-order valence-electron chi connectivity index (χ2n) is 3.81. The van der Waals surface area contributed by atoms with E-state index in [2.05, 4.69) is 9.97 Å². The summed E-state index contributed by atoms with van der Waals surface area (Å²) in [5.74, 6) is 0.378. The van der Waals surface area contributed by atoms with Crippen molar-refractivity contribution in [1.82, 2.24) is 9.97 Å². The Bertz CT molecular complexity index is 531. The third kappa shape index (κ3) is 3.40. The fraction of sp³-hybridized carbons (Fsp3) is 0.231. The highest BCUT2D eigenvalue weighted by molar-refractivity contribution is 6.28. The van der Waals surface area contributed by atoms with Crippen molar-refractivity contribution in [1.29, 1.82) is 0 Å². The summed E-state index contributed by atoms with van der Waals surface area (Å²) >= 11 is 5.65. The van der Waals surface area contributed by atoms with Gasteiger partial charge in [-0.15, -0.1) is 0 Å². The number of ether oxygens (including phenoxy) is 1. The minimum Gasteiger partial charge on any atom is -0.490 e. The van der Waals surface area contributed by atoms with Gasteiger partial charge in [0.25, 0.3) is 0 Å². The second kappa shape index (κ2) is 5.78. The van der Waals surface area contributed by atoms with Gasteiger partial charge in [-0.05, 0) is 36.2 Å². The third-order valence-corrected chi connectivity index (χ3v) is 2.65. The molecule has 0 aliphatic carbocycles. The van der Waals surface area contributed by atoms with Gasteiger partial charge in [0.2, 0.25) is 5.28 Å². The fourth-order valence-corrected chi connectivity index (χ4v) is 1.67. The van der Waals surface area contributed by atoms with Crippen LogP contribution in [0.5, 0.6) is 5.75 Å². The van der Waals surface area contributed by atoms with Gasteiger partial charge in [-0.1, -0.05) is 12.1 Å². The number of halogens is 2. The lowest BCUT2D eigenvalue weighted by atomic mass is 10.2. The molecule has 0 atom stereocenters. The fourth-order valence-electron chi connectivity index (χ4n) is 1.50. The van der Waals surface area contributed by atoms with E-state index in [1.54, 1.807) is 25.3 Å². The zero-order chi connectivity index (χ0) is 13.0. The number of nitrogens with zero attached hydrogens (tertiary/aromatic N) is 2. The van der Waals surface area contributed by atoms with Crippen LogP contribution in [-0.2, 0) is 6.42 Å². The van der Waals surface area contributed by atoms with Gasteiger partial charge < -0.3 is 4.74 Å². The molecule has 3 nitrogen and oxygen atoms in total. The summed E-state index contributed by atoms with van der Waals surface area (Å²) < 4.78 is 18.3. The molecule has 0 bridgehead atoms. The van der Waals surface area contributed by atoms with E-state index in [9.17, 15) is 4.39 Å². The first-order valence-electron chi connectivity index (χ1n) is 5.51. The predicted octanol–water partition coefficient (Wildman–Crippen LogP) is 3.20. The molecule has 18 heavy (non-hydrogen) atoms. The van der Waals surface area contributed by atoms with E-state index < -0.39 is 0 Å². The average Bonchev–Trinajstić information content (AvgIpc) is 2.34. The third-order valence-electron chi connectivity index (χ3n) is 2.47. The Morgan fingerprint density at radius 3 is 2.67 bits per heavy atom. The molecule has 0 spiro atoms. The molecule has 5 heteroatoms. The quantitative estimate of drug-likeness (QED) is 0.797. The van der Waals surface area contributed by atoms with Crippen molar-refractivity contribution in [3.8, 4) is 5.75 Å². The van der Waals surface area contributed by atoms with Crippen LogP contribution in [0.25, 0.3) is 0 Å². The van der Waals surface area contributed by atoms with Crippen LogP contribution in [0.1, 0.15) is 11.3 Å². The van der Waals surface area contributed by atoms with Gasteiger partial charge in [0.15, 0.2) is 5.75 Å². The molecule has 1 aromatic heterocycles. The normalized spacial score (nSPS) is 10.4. The Kier molecular flexibility index (Phi) is 4.10. The van der Waals surface area contributed by atoms with E-state index in [-0.39, 0.29) is 11.1 Å². The number of rotatable bonds is 4. The van der Waals surface area contributed by atoms with E-state index in [0.29, 0.717) is 24.5 Å². The average molecular weight is 267 g/mol. The van der Waals surface area contributed by atoms with E-state index in [1.165, 1.54) is 12.1 Å². The molecule has 0 aliphatic heterocycles. The van der Waals surface area contributed by atoms with E-state index in [4.69, 9.17) is 16.3 Å². The van der Waals surface area contributed by atoms with Crippen molar-refractivity contribution >= 4 is 11.6 Å². The van der Waals surface area contributed by atoms with Crippen LogP contribution < -0.4 is 4.74 Å². The number of aromatic nitrogens is 2. The van der Waals surface area contributed by atoms with Gasteiger partial charge in [-0.3, -0.25) is 0 Å². The molecule has 0 fully saturated rings. The summed E-state index contributed by atoms with van der Waals surface area (Å²) in [6.45, 7) is 2.29. The highest BCUT2D eigenvalue weighted by atomic mass is 35.5. The Hall–Kier alpha value is -1.68. The highest BCUT2D eigenvalue weighted by Crippen LogP contribution is 2.15. The minimum atomic E-state index is -0.235. The topological polar surface area (TPSA) is 35.0 Å². The maximum Gasteiger partial charge on any atom is 0.222 e. The van der Waals surface area contributed by atoms with Crippen LogP contribution in [0, 0.1) is 12.7 Å². The van der Waals surface area contributed by atoms with E-state index in [0.717, 1.165) is 5.56 Å². The Balaban J connectivity index is 1.90. The van der Waals surface area contributed by atoms with Crippen LogP contribution >= 0.6 is 11.6 Å². The van der Waals surface area contributed by atoms with E-state index in [1.807, 2.05) is 0 Å². The molecule has 94 valence electrons. The first-order chi connectivity index (χ1) is 8.65. The van der Waals surface area contributed by atoms with Crippen molar-refractivity contribution in [3.05, 3.63) is 52.8 Å². The van der Waals surface area contributed by atoms with Crippen LogP contribution in [-0.4, -0.2) is 16.6 Å². The van der Waals surface area contributed by atoms with Crippen molar-refractivity contribution < 1.29 is 9.13 Å². The van der Waals surface area contributed by atoms with Gasteiger partial charge in [0.1, 0.15) is 5.82 Å². The molecule has 1 aromatic carbocycles. The molecular weight excluding hydrogens is 255 g/mol. The lowest BCUT2D eigenvalue weighted by Crippen LogP contribution is -2.04. The van der Waals surface area contributed by atoms with Crippen LogP contribution in [0.2, 0.25) is 5.28 Å². The molecule has 0 amide bonds. The predicted molar refractivity (Wildman–Crippen MR) is 67.4 cm³/mol. The monoisotopic (exact) mass is 266 g/mol. The van der Waals surface area contributed by atoms with Crippen molar-refractivity contribution in [2.24, 2.45) is 0 Å². The van der Waals surface area contributed by atoms with Crippen LogP contribution in [0.3, 0.4) is 0 Å². The summed E-state index contributed by atoms with van der Waals surface area (Å²) in [6.07, 6.45) is 2.25. The summed E-state index contributed by atoms with van der Waals surface area (Å²) in [4.78, 5) is 7.85. The smallest absolute Gasteiger partial charge is 0.222 e. The first-order valence-corrected chi connectivity index (χ1v) is 5.89. The number of hydrogen-bond donors (Lipinski definition) is 0. The molecule has 0 saturated heterocycles. The standard InChI is InChI=1S/C13H12ClFN2O/c1-9-12(8-16-13(14)17-9)18-7-6-10-2-4-11(15)5-3-10/h2-5,8H,6-7H2,1H3. The molecule has 0 N–H and O–H groups in total. The summed E-state index contributed by atoms with van der Waals surface area (Å²) in [5, 5.41) is 0.207. The largest absolute Gasteiger partial charge is 0.490 e. The molecular formula is C13H12ClFN2O. The van der Waals surface area contributed by atoms with Gasteiger partial charge in [-0.25, -0.2) is 14.4 Å². The number of benzene rings is 1. The summed E-state index contributed by atoms with van der Waals surface area (Å²) in [6, 6.07) is 6.35. The first kappa shape index (κ1) is 12.8. The SMILES string of the molecule is Cc1nc(Cl)ncc1OCCc1ccc(F)cc1. The Morgan fingerprint density at radius 1 is 1.28 bits per heavy atom. The number of hydrogen-bond acceptors (Lipinski definition) is 3. The summed E-state index contributed by atoms with van der Waals surface area (Å²) in [5.41, 5.74) is 1.72. The number of aryl methyl sites for hydroxylation is 1. The molecule has 0 radical (unpaired) electrons. The van der Waals surface area contributed by atoms with Gasteiger partial charge in [0.05, 0.1) is 18.5 Å². The maximum absolute atomic E-state index is 12.7. The molecule has 2 aromatic rings. The molecule has 0 aliphatic rings. The van der Waals surface area contributed by atoms with Crippen molar-refractivity contribution in [2.75, 3.05) is 6.61 Å². The Labute approximate surface area is 110 Å². The zero-order valence-corrected chi connectivity index (χ0v) is 10.6. The zero-order valence-electron chi connectivity index (χ0n) is 9.86. The van der Waals surface area contributed by atoms with E-state index >= 15 is 0 Å². The van der Waals surface area contributed by atoms with Crippen molar-refractivity contribution in [2.45, 2.75) is 13.3 Å². The molecule has 0 saturated carbocycles. The summed E-state index contributed by atoms with van der Waals surface area (Å²) in [7, 11) is 0. The minimum absolute atomic E-state index is 0.207. The lowest BCUT2D eigenvalue weighted by molar-refractivity contribution is 0.316. The maximum atomic E-state index is 12.7. The highest BCUT2D eigenvalue weighted by Gasteiger charge is 2.03. The Morgan fingerprint density at radius 2 is 2.00 bits per heavy atom. The van der Waals surface area contributed by atoms with Gasteiger partial charge >= 0.3 is 0 Å². The molecule has 1 heterocycles. The molecule has 0 unspecified atom stereocenters. The van der Waals surface area contributed by atoms with Crippen molar-refractivity contribution in [3.63, 3.8) is 0 Å². The second-order valence-corrected chi connectivity index (χ2v) is 4.15. The van der Waals surface area contributed by atoms with Gasteiger partial charge in [-0.2, -0.15) is 0 Å². The van der Waals surface area contributed by atoms with Crippen LogP contribution in [0.4, 0.5) is 4.39 Å².